The molecule has 5 rings (SSSR count). The molecule has 0 unspecified atom stereocenters. The van der Waals surface area contributed by atoms with Gasteiger partial charge in [-0.25, -0.2) is 27.9 Å². The fourth-order valence-corrected chi connectivity index (χ4v) is 5.93. The summed E-state index contributed by atoms with van der Waals surface area (Å²) in [6, 6.07) is 14.5. The number of halogens is 3. The number of carbonyl (C=O) groups is 3. The molecule has 50 heavy (non-hydrogen) atoms. The lowest BCUT2D eigenvalue weighted by Crippen LogP contribution is -2.31. The first kappa shape index (κ1) is 36.0. The summed E-state index contributed by atoms with van der Waals surface area (Å²) in [7, 11) is -0.183. The second-order valence-electron chi connectivity index (χ2n) is 12.5. The first-order chi connectivity index (χ1) is 23.7. The van der Waals surface area contributed by atoms with Gasteiger partial charge in [0.25, 0.3) is 11.8 Å². The molecule has 11 nitrogen and oxygen atoms in total. The molecule has 3 amide bonds. The molecule has 1 aliphatic heterocycles. The maximum absolute atomic E-state index is 14.7. The van der Waals surface area contributed by atoms with E-state index in [2.05, 4.69) is 19.6 Å². The van der Waals surface area contributed by atoms with Crippen LogP contribution in [0.25, 0.3) is 11.3 Å². The third-order valence-electron chi connectivity index (χ3n) is 7.47. The Hall–Kier alpha value is -5.31. The molecule has 15 heteroatoms. The largest absolute Gasteiger partial charge is 0.444 e. The molecule has 0 bridgehead atoms. The van der Waals surface area contributed by atoms with Crippen molar-refractivity contribution in [2.45, 2.75) is 45.0 Å². The number of ether oxygens (including phenoxy) is 1. The van der Waals surface area contributed by atoms with E-state index in [-0.39, 0.29) is 41.3 Å². The Labute approximate surface area is 288 Å². The van der Waals surface area contributed by atoms with Crippen molar-refractivity contribution in [3.63, 3.8) is 0 Å². The zero-order chi connectivity index (χ0) is 36.2. The number of imide groups is 1. The number of nitrogens with zero attached hydrogens (tertiary/aromatic N) is 5. The van der Waals surface area contributed by atoms with Gasteiger partial charge in [0.1, 0.15) is 22.9 Å². The van der Waals surface area contributed by atoms with Crippen molar-refractivity contribution in [2.75, 3.05) is 30.4 Å². The van der Waals surface area contributed by atoms with Gasteiger partial charge in [-0.05, 0) is 76.1 Å². The third-order valence-corrected chi connectivity index (χ3v) is 8.40. The fraction of sp³-hybridized carbons (Fsp3) is 0.286. The van der Waals surface area contributed by atoms with E-state index in [1.54, 1.807) is 63.2 Å². The summed E-state index contributed by atoms with van der Waals surface area (Å²) >= 11 is 0. The zero-order valence-corrected chi connectivity index (χ0v) is 28.5. The van der Waals surface area contributed by atoms with E-state index in [1.807, 2.05) is 11.9 Å². The highest BCUT2D eigenvalue weighted by Crippen LogP contribution is 2.29. The predicted molar refractivity (Wildman–Crippen MR) is 182 cm³/mol. The summed E-state index contributed by atoms with van der Waals surface area (Å²) in [6.07, 6.45) is 1.02. The van der Waals surface area contributed by atoms with Crippen molar-refractivity contribution in [1.82, 2.24) is 14.9 Å². The lowest BCUT2D eigenvalue weighted by molar-refractivity contribution is 0.0604. The van der Waals surface area contributed by atoms with E-state index in [0.29, 0.717) is 53.5 Å². The van der Waals surface area contributed by atoms with E-state index in [1.165, 1.54) is 4.90 Å². The number of hydrogen-bond donors (Lipinski definition) is 1. The highest BCUT2D eigenvalue weighted by Gasteiger charge is 2.34. The lowest BCUT2D eigenvalue weighted by atomic mass is 10.1. The maximum atomic E-state index is 14.7. The standard InChI is InChI=1S/C35H34F3N6O5S/c1-35(2,3)49-34(47)42-50(48)20-21-15-23(40-33-39-19-29(38)30(41-33)27-12-11-22(36)17-28(27)37)18-24(16-21)43(4)13-7-8-14-44-31(45)25-9-5-6-10-26(25)32(44)46/h5-6,9-12,15-19H,7-8,13-14,20H2,1-4H3,(H,39,40,41)/q-1. The number of amides is 3. The summed E-state index contributed by atoms with van der Waals surface area (Å²) in [5.41, 5.74) is 0.848. The Balaban J connectivity index is 1.35. The maximum Gasteiger partial charge on any atom is 0.410 e. The molecule has 0 aliphatic carbocycles. The van der Waals surface area contributed by atoms with Crippen LogP contribution >= 0.6 is 0 Å². The van der Waals surface area contributed by atoms with Crippen molar-refractivity contribution < 1.29 is 36.5 Å². The number of carbonyl (C=O) groups excluding carboxylic acids is 3. The molecule has 0 saturated carbocycles. The molecule has 1 aromatic heterocycles. The molecule has 262 valence electrons. The van der Waals surface area contributed by atoms with E-state index in [9.17, 15) is 31.8 Å². The van der Waals surface area contributed by atoms with Crippen LogP contribution in [0.5, 0.6) is 0 Å². The molecule has 2 heterocycles. The van der Waals surface area contributed by atoms with Crippen LogP contribution in [-0.2, 0) is 25.3 Å². The molecule has 1 aliphatic rings. The fourth-order valence-electron chi connectivity index (χ4n) is 5.21. The van der Waals surface area contributed by atoms with Crippen molar-refractivity contribution in [1.29, 1.82) is 0 Å². The Morgan fingerprint density at radius 1 is 0.960 bits per heavy atom. The van der Waals surface area contributed by atoms with Crippen LogP contribution < -0.4 is 10.2 Å². The van der Waals surface area contributed by atoms with Gasteiger partial charge >= 0.3 is 6.09 Å². The first-order valence-corrected chi connectivity index (χ1v) is 16.8. The van der Waals surface area contributed by atoms with Crippen LogP contribution in [0.4, 0.5) is 35.3 Å². The van der Waals surface area contributed by atoms with Gasteiger partial charge < -0.3 is 19.2 Å². The van der Waals surface area contributed by atoms with Crippen molar-refractivity contribution in [2.24, 2.45) is 4.36 Å². The van der Waals surface area contributed by atoms with Gasteiger partial charge in [0.15, 0.2) is 5.82 Å². The van der Waals surface area contributed by atoms with Gasteiger partial charge in [0.05, 0.1) is 17.3 Å². The van der Waals surface area contributed by atoms with Crippen LogP contribution in [0.1, 0.15) is 59.9 Å². The number of anilines is 3. The van der Waals surface area contributed by atoms with E-state index in [4.69, 9.17) is 4.74 Å². The van der Waals surface area contributed by atoms with Gasteiger partial charge in [-0.1, -0.05) is 23.4 Å². The summed E-state index contributed by atoms with van der Waals surface area (Å²) in [4.78, 5) is 48.8. The minimum absolute atomic E-state index is 0.101. The predicted octanol–water partition coefficient (Wildman–Crippen LogP) is 7.40. The van der Waals surface area contributed by atoms with Gasteiger partial charge in [-0.15, -0.1) is 0 Å². The average molecular weight is 708 g/mol. The van der Waals surface area contributed by atoms with Crippen molar-refractivity contribution in [3.8, 4) is 11.3 Å². The molecule has 3 aromatic carbocycles. The van der Waals surface area contributed by atoms with Gasteiger partial charge in [-0.3, -0.25) is 18.9 Å². The van der Waals surface area contributed by atoms with Gasteiger partial charge in [-0.2, -0.15) is 10.6 Å². The SMILES string of the molecule is CN(CCCCN1C(=O)c2ccccc2C1=O)c1cc(C[S-](=O)=NC(=O)OC(C)(C)C)cc(Nc2ncc(F)c(-c3ccc(F)cc3F)n2)c1. The number of rotatable bonds is 11. The van der Waals surface area contributed by atoms with E-state index < -0.39 is 39.7 Å². The van der Waals surface area contributed by atoms with Crippen molar-refractivity contribution >= 4 is 45.8 Å². The van der Waals surface area contributed by atoms with Crippen LogP contribution in [0, 0.1) is 17.5 Å². The number of nitrogens with one attached hydrogen (secondary N) is 1. The minimum atomic E-state index is -2.00. The monoisotopic (exact) mass is 707 g/mol. The lowest BCUT2D eigenvalue weighted by Gasteiger charge is -2.23. The van der Waals surface area contributed by atoms with E-state index in [0.717, 1.165) is 18.3 Å². The highest BCUT2D eigenvalue weighted by molar-refractivity contribution is 7.74. The number of hydrogen-bond acceptors (Lipinski definition) is 10. The minimum Gasteiger partial charge on any atom is -0.444 e. The summed E-state index contributed by atoms with van der Waals surface area (Å²) in [5.74, 6) is -3.65. The quantitative estimate of drug-likeness (QED) is 0.0962. The first-order valence-electron chi connectivity index (χ1n) is 15.6. The third kappa shape index (κ3) is 8.83. The molecular weight excluding hydrogens is 673 g/mol. The van der Waals surface area contributed by atoms with Gasteiger partial charge in [0, 0.05) is 43.1 Å². The van der Waals surface area contributed by atoms with Crippen LogP contribution in [0.2, 0.25) is 0 Å². The summed E-state index contributed by atoms with van der Waals surface area (Å²) < 4.78 is 64.3. The average Bonchev–Trinajstić information content (AvgIpc) is 3.27. The molecular formula is C35H34F3N6O5S-. The normalized spacial score (nSPS) is 13.4. The smallest absolute Gasteiger partial charge is 0.410 e. The Bertz CT molecular complexity index is 2010. The zero-order valence-electron chi connectivity index (χ0n) is 27.7. The number of benzene rings is 3. The Morgan fingerprint density at radius 2 is 1.66 bits per heavy atom. The summed E-state index contributed by atoms with van der Waals surface area (Å²) in [5, 5.41) is 2.96. The molecule has 0 fully saturated rings. The molecule has 0 saturated heterocycles. The second-order valence-corrected chi connectivity index (χ2v) is 13.6. The van der Waals surface area contributed by atoms with Crippen LogP contribution in [-0.4, -0.2) is 58.5 Å². The Kier molecular flexibility index (Phi) is 10.8. The highest BCUT2D eigenvalue weighted by atomic mass is 32.2. The molecule has 0 atom stereocenters. The number of fused-ring (bicyclic) bond motifs is 1. The second kappa shape index (κ2) is 15.1. The Morgan fingerprint density at radius 3 is 2.32 bits per heavy atom. The number of aromatic nitrogens is 2. The molecule has 0 radical (unpaired) electrons. The molecule has 1 N–H and O–H groups in total. The van der Waals surface area contributed by atoms with Crippen LogP contribution in [0.3, 0.4) is 0 Å². The van der Waals surface area contributed by atoms with Crippen molar-refractivity contribution in [3.05, 3.63) is 101 Å². The van der Waals surface area contributed by atoms with E-state index >= 15 is 0 Å². The molecule has 0 spiro atoms. The number of unbranched alkanes of at least 4 members (excludes halogenated alkanes) is 1. The van der Waals surface area contributed by atoms with Crippen LogP contribution in [0.15, 0.2) is 71.2 Å². The topological polar surface area (TPSA) is 134 Å². The van der Waals surface area contributed by atoms with Gasteiger partial charge in [0.2, 0.25) is 5.95 Å². The summed E-state index contributed by atoms with van der Waals surface area (Å²) in [6.45, 7) is 5.73. The molecule has 4 aromatic rings.